The lowest BCUT2D eigenvalue weighted by atomic mass is 10.2. The van der Waals surface area contributed by atoms with Gasteiger partial charge in [0.15, 0.2) is 0 Å². The highest BCUT2D eigenvalue weighted by Crippen LogP contribution is 2.07. The van der Waals surface area contributed by atoms with Gasteiger partial charge in [0.25, 0.3) is 5.78 Å². The lowest BCUT2D eigenvalue weighted by molar-refractivity contribution is -0.146. The van der Waals surface area contributed by atoms with Crippen molar-refractivity contribution in [3.05, 3.63) is 39.5 Å². The van der Waals surface area contributed by atoms with Crippen LogP contribution in [0.4, 0.5) is 0 Å². The van der Waals surface area contributed by atoms with Crippen LogP contribution in [-0.4, -0.2) is 16.9 Å². The molecular formula is C10H7IO3. The fourth-order valence-electron chi connectivity index (χ4n) is 0.817. The van der Waals surface area contributed by atoms with E-state index >= 15 is 0 Å². The number of aliphatic carboxylic acids is 1. The summed E-state index contributed by atoms with van der Waals surface area (Å²) in [5.74, 6) is -2.35. The first-order valence-corrected chi connectivity index (χ1v) is 4.88. The van der Waals surface area contributed by atoms with E-state index in [1.165, 1.54) is 6.08 Å². The predicted octanol–water partition coefficient (Wildman–Crippen LogP) is 1.96. The molecule has 3 nitrogen and oxygen atoms in total. The first-order chi connectivity index (χ1) is 6.59. The van der Waals surface area contributed by atoms with Crippen LogP contribution in [0.15, 0.2) is 30.3 Å². The average Bonchev–Trinajstić information content (AvgIpc) is 2.16. The zero-order chi connectivity index (χ0) is 10.6. The second kappa shape index (κ2) is 4.90. The van der Waals surface area contributed by atoms with Crippen LogP contribution in [-0.2, 0) is 9.59 Å². The molecule has 0 heterocycles. The minimum Gasteiger partial charge on any atom is -0.475 e. The maximum absolute atomic E-state index is 10.7. The molecular weight excluding hydrogens is 295 g/mol. The summed E-state index contributed by atoms with van der Waals surface area (Å²) < 4.78 is 1.09. The van der Waals surface area contributed by atoms with E-state index in [9.17, 15) is 9.59 Å². The van der Waals surface area contributed by atoms with Gasteiger partial charge in [-0.05, 0) is 46.4 Å². The Morgan fingerprint density at radius 3 is 2.29 bits per heavy atom. The highest BCUT2D eigenvalue weighted by atomic mass is 127. The summed E-state index contributed by atoms with van der Waals surface area (Å²) in [6.07, 6.45) is 2.52. The van der Waals surface area contributed by atoms with Crippen molar-refractivity contribution < 1.29 is 14.7 Å². The molecule has 14 heavy (non-hydrogen) atoms. The molecule has 0 fully saturated rings. The Hall–Kier alpha value is -1.17. The van der Waals surface area contributed by atoms with Gasteiger partial charge in [0.2, 0.25) is 0 Å². The molecule has 1 rings (SSSR count). The molecule has 0 amide bonds. The van der Waals surface area contributed by atoms with Gasteiger partial charge in [-0.1, -0.05) is 18.2 Å². The molecule has 4 heteroatoms. The third kappa shape index (κ3) is 3.29. The fraction of sp³-hybridized carbons (Fsp3) is 0. The van der Waals surface area contributed by atoms with Crippen LogP contribution in [0.1, 0.15) is 5.56 Å². The van der Waals surface area contributed by atoms with Gasteiger partial charge in [-0.2, -0.15) is 0 Å². The Bertz CT molecular complexity index is 379. The second-order valence-electron chi connectivity index (χ2n) is 2.55. The van der Waals surface area contributed by atoms with Crippen LogP contribution in [0.25, 0.3) is 6.08 Å². The largest absolute Gasteiger partial charge is 0.475 e. The Morgan fingerprint density at radius 2 is 1.79 bits per heavy atom. The minimum atomic E-state index is -1.44. The van der Waals surface area contributed by atoms with E-state index < -0.39 is 11.8 Å². The number of halogens is 1. The van der Waals surface area contributed by atoms with Crippen molar-refractivity contribution in [2.75, 3.05) is 0 Å². The van der Waals surface area contributed by atoms with Gasteiger partial charge in [0, 0.05) is 3.57 Å². The van der Waals surface area contributed by atoms with E-state index in [0.717, 1.165) is 15.2 Å². The van der Waals surface area contributed by atoms with E-state index in [2.05, 4.69) is 22.6 Å². The quantitative estimate of drug-likeness (QED) is 0.527. The van der Waals surface area contributed by atoms with Gasteiger partial charge in [0.1, 0.15) is 0 Å². The normalized spacial score (nSPS) is 10.4. The Kier molecular flexibility index (Phi) is 3.82. The SMILES string of the molecule is O=C(O)C(=O)/C=C/c1ccc(I)cc1. The summed E-state index contributed by atoms with van der Waals surface area (Å²) in [6, 6.07) is 7.39. The summed E-state index contributed by atoms with van der Waals surface area (Å²) >= 11 is 2.16. The minimum absolute atomic E-state index is 0.806. The summed E-state index contributed by atoms with van der Waals surface area (Å²) in [7, 11) is 0. The third-order valence-electron chi connectivity index (χ3n) is 1.51. The Morgan fingerprint density at radius 1 is 1.21 bits per heavy atom. The molecule has 1 aromatic rings. The molecule has 0 aliphatic rings. The molecule has 0 radical (unpaired) electrons. The number of carboxylic acid groups (broad SMARTS) is 1. The number of carbonyl (C=O) groups excluding carboxylic acids is 1. The number of carboxylic acids is 1. The standard InChI is InChI=1S/C10H7IO3/c11-8-4-1-7(2-5-8)3-6-9(12)10(13)14/h1-6H,(H,13,14)/b6-3+. The van der Waals surface area contributed by atoms with Gasteiger partial charge in [-0.25, -0.2) is 4.79 Å². The summed E-state index contributed by atoms with van der Waals surface area (Å²) in [5.41, 5.74) is 0.806. The molecule has 0 saturated heterocycles. The number of carbonyl (C=O) groups is 2. The van der Waals surface area contributed by atoms with Gasteiger partial charge in [0.05, 0.1) is 0 Å². The molecule has 0 bridgehead atoms. The van der Waals surface area contributed by atoms with Crippen LogP contribution < -0.4 is 0 Å². The molecule has 0 unspecified atom stereocenters. The van der Waals surface area contributed by atoms with Crippen LogP contribution in [0.2, 0.25) is 0 Å². The van der Waals surface area contributed by atoms with E-state index in [-0.39, 0.29) is 0 Å². The first kappa shape index (κ1) is 10.9. The van der Waals surface area contributed by atoms with E-state index in [1.54, 1.807) is 0 Å². The summed E-state index contributed by atoms with van der Waals surface area (Å²) in [4.78, 5) is 20.9. The van der Waals surface area contributed by atoms with Crippen molar-refractivity contribution in [2.45, 2.75) is 0 Å². The molecule has 72 valence electrons. The molecule has 0 aliphatic carbocycles. The molecule has 1 N–H and O–H groups in total. The maximum Gasteiger partial charge on any atom is 0.376 e. The zero-order valence-corrected chi connectivity index (χ0v) is 9.26. The number of hydrogen-bond acceptors (Lipinski definition) is 2. The smallest absolute Gasteiger partial charge is 0.376 e. The topological polar surface area (TPSA) is 54.4 Å². The number of ketones is 1. The fourth-order valence-corrected chi connectivity index (χ4v) is 1.18. The van der Waals surface area contributed by atoms with Crippen LogP contribution in [0, 0.1) is 3.57 Å². The van der Waals surface area contributed by atoms with Crippen molar-refractivity contribution in [3.8, 4) is 0 Å². The third-order valence-corrected chi connectivity index (χ3v) is 2.23. The average molecular weight is 302 g/mol. The predicted molar refractivity (Wildman–Crippen MR) is 60.8 cm³/mol. The number of rotatable bonds is 3. The number of hydrogen-bond donors (Lipinski definition) is 1. The molecule has 0 aromatic heterocycles. The highest BCUT2D eigenvalue weighted by molar-refractivity contribution is 14.1. The Balaban J connectivity index is 2.74. The highest BCUT2D eigenvalue weighted by Gasteiger charge is 2.04. The van der Waals surface area contributed by atoms with Crippen LogP contribution in [0.3, 0.4) is 0 Å². The van der Waals surface area contributed by atoms with Crippen molar-refractivity contribution >= 4 is 40.4 Å². The summed E-state index contributed by atoms with van der Waals surface area (Å²) in [5, 5.41) is 8.30. The number of benzene rings is 1. The molecule has 1 aromatic carbocycles. The van der Waals surface area contributed by atoms with Crippen LogP contribution >= 0.6 is 22.6 Å². The summed E-state index contributed by atoms with van der Waals surface area (Å²) in [6.45, 7) is 0. The van der Waals surface area contributed by atoms with Gasteiger partial charge >= 0.3 is 5.97 Å². The van der Waals surface area contributed by atoms with Crippen molar-refractivity contribution in [2.24, 2.45) is 0 Å². The molecule has 0 spiro atoms. The van der Waals surface area contributed by atoms with Crippen molar-refractivity contribution in [3.63, 3.8) is 0 Å². The van der Waals surface area contributed by atoms with Gasteiger partial charge in [-0.15, -0.1) is 0 Å². The van der Waals surface area contributed by atoms with Crippen molar-refractivity contribution in [1.29, 1.82) is 0 Å². The van der Waals surface area contributed by atoms with E-state index in [0.29, 0.717) is 0 Å². The maximum atomic E-state index is 10.7. The van der Waals surface area contributed by atoms with E-state index in [4.69, 9.17) is 5.11 Å². The first-order valence-electron chi connectivity index (χ1n) is 3.80. The zero-order valence-electron chi connectivity index (χ0n) is 7.11. The monoisotopic (exact) mass is 302 g/mol. The lowest BCUT2D eigenvalue weighted by Gasteiger charge is -1.92. The lowest BCUT2D eigenvalue weighted by Crippen LogP contribution is -2.08. The molecule has 0 saturated carbocycles. The molecule has 0 atom stereocenters. The molecule has 0 aliphatic heterocycles. The van der Waals surface area contributed by atoms with E-state index in [1.807, 2.05) is 24.3 Å². The Labute approximate surface area is 94.6 Å². The van der Waals surface area contributed by atoms with Gasteiger partial charge in [-0.3, -0.25) is 4.79 Å². The van der Waals surface area contributed by atoms with Crippen molar-refractivity contribution in [1.82, 2.24) is 0 Å². The second-order valence-corrected chi connectivity index (χ2v) is 3.80. The van der Waals surface area contributed by atoms with Gasteiger partial charge < -0.3 is 5.11 Å². The van der Waals surface area contributed by atoms with Crippen LogP contribution in [0.5, 0.6) is 0 Å².